The predicted octanol–water partition coefficient (Wildman–Crippen LogP) is 4.12. The summed E-state index contributed by atoms with van der Waals surface area (Å²) in [4.78, 5) is 0. The summed E-state index contributed by atoms with van der Waals surface area (Å²) in [6, 6.07) is 13.5. The minimum atomic E-state index is 0.186. The van der Waals surface area contributed by atoms with Crippen molar-refractivity contribution in [2.45, 2.75) is 25.8 Å². The Morgan fingerprint density at radius 1 is 1.05 bits per heavy atom. The zero-order valence-electron chi connectivity index (χ0n) is 12.7. The van der Waals surface area contributed by atoms with Crippen molar-refractivity contribution >= 4 is 5.69 Å². The molecule has 116 valence electrons. The zero-order valence-corrected chi connectivity index (χ0v) is 12.7. The van der Waals surface area contributed by atoms with Crippen molar-refractivity contribution < 1.29 is 14.6 Å². The minimum absolute atomic E-state index is 0.186. The average molecular weight is 299 g/mol. The Morgan fingerprint density at radius 2 is 1.77 bits per heavy atom. The number of anilines is 1. The van der Waals surface area contributed by atoms with E-state index in [1.165, 1.54) is 0 Å². The lowest BCUT2D eigenvalue weighted by atomic mass is 10.0. The molecule has 1 heterocycles. The summed E-state index contributed by atoms with van der Waals surface area (Å²) in [5.74, 6) is 1.89. The SMILES string of the molecule is CCC(Nc1ccc2c(c1)OCCCO2)c1ccc(O)cc1. The molecular weight excluding hydrogens is 278 g/mol. The van der Waals surface area contributed by atoms with E-state index in [1.54, 1.807) is 12.1 Å². The fourth-order valence-corrected chi connectivity index (χ4v) is 2.58. The molecule has 0 bridgehead atoms. The van der Waals surface area contributed by atoms with Gasteiger partial charge < -0.3 is 19.9 Å². The first-order chi connectivity index (χ1) is 10.8. The molecule has 0 saturated heterocycles. The highest BCUT2D eigenvalue weighted by molar-refractivity contribution is 5.56. The van der Waals surface area contributed by atoms with E-state index in [0.717, 1.165) is 35.6 Å². The summed E-state index contributed by atoms with van der Waals surface area (Å²) in [6.45, 7) is 3.52. The van der Waals surface area contributed by atoms with Crippen LogP contribution in [-0.2, 0) is 0 Å². The van der Waals surface area contributed by atoms with Crippen LogP contribution in [0.4, 0.5) is 5.69 Å². The number of phenolic OH excluding ortho intramolecular Hbond substituents is 1. The number of hydrogen-bond acceptors (Lipinski definition) is 4. The molecule has 0 aliphatic carbocycles. The second kappa shape index (κ2) is 6.60. The van der Waals surface area contributed by atoms with Gasteiger partial charge in [-0.2, -0.15) is 0 Å². The fraction of sp³-hybridized carbons (Fsp3) is 0.333. The van der Waals surface area contributed by atoms with Crippen LogP contribution in [0.3, 0.4) is 0 Å². The van der Waals surface area contributed by atoms with Crippen LogP contribution in [0, 0.1) is 0 Å². The van der Waals surface area contributed by atoms with Crippen molar-refractivity contribution in [2.75, 3.05) is 18.5 Å². The minimum Gasteiger partial charge on any atom is -0.508 e. The molecule has 2 aromatic rings. The number of phenols is 1. The number of fused-ring (bicyclic) bond motifs is 1. The van der Waals surface area contributed by atoms with Crippen molar-refractivity contribution in [1.82, 2.24) is 0 Å². The van der Waals surface area contributed by atoms with Crippen molar-refractivity contribution in [3.05, 3.63) is 48.0 Å². The molecule has 4 heteroatoms. The van der Waals surface area contributed by atoms with Crippen LogP contribution in [0.15, 0.2) is 42.5 Å². The molecule has 1 aliphatic heterocycles. The van der Waals surface area contributed by atoms with Gasteiger partial charge in [0.25, 0.3) is 0 Å². The third-order valence-corrected chi connectivity index (χ3v) is 3.79. The van der Waals surface area contributed by atoms with Crippen LogP contribution in [0.1, 0.15) is 31.4 Å². The average Bonchev–Trinajstić information content (AvgIpc) is 2.78. The van der Waals surface area contributed by atoms with Gasteiger partial charge in [0.1, 0.15) is 5.75 Å². The molecule has 0 radical (unpaired) electrons. The Balaban J connectivity index is 1.79. The maximum absolute atomic E-state index is 9.41. The summed E-state index contributed by atoms with van der Waals surface area (Å²) >= 11 is 0. The first kappa shape index (κ1) is 14.6. The Labute approximate surface area is 130 Å². The molecule has 0 saturated carbocycles. The second-order valence-electron chi connectivity index (χ2n) is 5.41. The van der Waals surface area contributed by atoms with Gasteiger partial charge in [-0.1, -0.05) is 19.1 Å². The Morgan fingerprint density at radius 3 is 2.50 bits per heavy atom. The largest absolute Gasteiger partial charge is 0.508 e. The fourth-order valence-electron chi connectivity index (χ4n) is 2.58. The van der Waals surface area contributed by atoms with E-state index >= 15 is 0 Å². The topological polar surface area (TPSA) is 50.7 Å². The molecule has 22 heavy (non-hydrogen) atoms. The molecule has 2 N–H and O–H groups in total. The molecule has 0 amide bonds. The van der Waals surface area contributed by atoms with Gasteiger partial charge in [-0.3, -0.25) is 0 Å². The summed E-state index contributed by atoms with van der Waals surface area (Å²) in [5.41, 5.74) is 2.15. The highest BCUT2D eigenvalue weighted by atomic mass is 16.5. The van der Waals surface area contributed by atoms with Gasteiger partial charge in [-0.25, -0.2) is 0 Å². The first-order valence-electron chi connectivity index (χ1n) is 7.71. The van der Waals surface area contributed by atoms with Crippen LogP contribution >= 0.6 is 0 Å². The van der Waals surface area contributed by atoms with E-state index in [-0.39, 0.29) is 11.8 Å². The van der Waals surface area contributed by atoms with E-state index in [1.807, 2.05) is 30.3 Å². The van der Waals surface area contributed by atoms with Gasteiger partial charge in [0.05, 0.1) is 19.3 Å². The lowest BCUT2D eigenvalue weighted by Gasteiger charge is -2.20. The number of rotatable bonds is 4. The normalized spacial score (nSPS) is 15.0. The lowest BCUT2D eigenvalue weighted by Crippen LogP contribution is -2.09. The molecule has 1 aliphatic rings. The van der Waals surface area contributed by atoms with E-state index in [9.17, 15) is 5.11 Å². The van der Waals surface area contributed by atoms with Crippen molar-refractivity contribution in [2.24, 2.45) is 0 Å². The Hall–Kier alpha value is -2.36. The van der Waals surface area contributed by atoms with Gasteiger partial charge in [-0.05, 0) is 36.2 Å². The summed E-state index contributed by atoms with van der Waals surface area (Å²) in [5, 5.41) is 12.9. The van der Waals surface area contributed by atoms with Crippen LogP contribution in [-0.4, -0.2) is 18.3 Å². The van der Waals surface area contributed by atoms with E-state index in [4.69, 9.17) is 9.47 Å². The molecule has 1 atom stereocenters. The van der Waals surface area contributed by atoms with Gasteiger partial charge in [0.2, 0.25) is 0 Å². The molecule has 2 aromatic carbocycles. The number of hydrogen-bond donors (Lipinski definition) is 2. The molecule has 3 rings (SSSR count). The van der Waals surface area contributed by atoms with Crippen molar-refractivity contribution in [3.63, 3.8) is 0 Å². The Kier molecular flexibility index (Phi) is 4.37. The number of ether oxygens (including phenoxy) is 2. The maximum Gasteiger partial charge on any atom is 0.163 e. The Bertz CT molecular complexity index is 625. The zero-order chi connectivity index (χ0) is 15.4. The van der Waals surface area contributed by atoms with Crippen LogP contribution in [0.5, 0.6) is 17.2 Å². The maximum atomic E-state index is 9.41. The predicted molar refractivity (Wildman–Crippen MR) is 86.8 cm³/mol. The summed E-state index contributed by atoms with van der Waals surface area (Å²) in [7, 11) is 0. The van der Waals surface area contributed by atoms with Gasteiger partial charge in [0.15, 0.2) is 11.5 Å². The lowest BCUT2D eigenvalue weighted by molar-refractivity contribution is 0.297. The quantitative estimate of drug-likeness (QED) is 0.891. The second-order valence-corrected chi connectivity index (χ2v) is 5.41. The third-order valence-electron chi connectivity index (χ3n) is 3.79. The highest BCUT2D eigenvalue weighted by Crippen LogP contribution is 2.34. The van der Waals surface area contributed by atoms with Gasteiger partial charge in [-0.15, -0.1) is 0 Å². The van der Waals surface area contributed by atoms with Crippen LogP contribution in [0.25, 0.3) is 0 Å². The number of aromatic hydroxyl groups is 1. The van der Waals surface area contributed by atoms with Crippen LogP contribution < -0.4 is 14.8 Å². The van der Waals surface area contributed by atoms with Crippen molar-refractivity contribution in [3.8, 4) is 17.2 Å². The summed E-state index contributed by atoms with van der Waals surface area (Å²) < 4.78 is 11.4. The summed E-state index contributed by atoms with van der Waals surface area (Å²) in [6.07, 6.45) is 1.85. The third kappa shape index (κ3) is 3.27. The number of nitrogens with one attached hydrogen (secondary N) is 1. The molecular formula is C18H21NO3. The van der Waals surface area contributed by atoms with E-state index in [0.29, 0.717) is 13.2 Å². The standard InChI is InChI=1S/C18H21NO3/c1-2-16(13-4-7-15(20)8-5-13)19-14-6-9-17-18(12-14)22-11-3-10-21-17/h4-9,12,16,19-20H,2-3,10-11H2,1H3. The molecule has 1 unspecified atom stereocenters. The van der Waals surface area contributed by atoms with E-state index in [2.05, 4.69) is 12.2 Å². The van der Waals surface area contributed by atoms with Gasteiger partial charge >= 0.3 is 0 Å². The van der Waals surface area contributed by atoms with E-state index < -0.39 is 0 Å². The highest BCUT2D eigenvalue weighted by Gasteiger charge is 2.13. The molecule has 4 nitrogen and oxygen atoms in total. The molecule has 0 fully saturated rings. The molecule has 0 spiro atoms. The van der Waals surface area contributed by atoms with Gasteiger partial charge in [0, 0.05) is 18.2 Å². The molecule has 0 aromatic heterocycles. The van der Waals surface area contributed by atoms with Crippen LogP contribution in [0.2, 0.25) is 0 Å². The monoisotopic (exact) mass is 299 g/mol. The smallest absolute Gasteiger partial charge is 0.163 e. The number of benzene rings is 2. The van der Waals surface area contributed by atoms with Crippen molar-refractivity contribution in [1.29, 1.82) is 0 Å². The first-order valence-corrected chi connectivity index (χ1v) is 7.71.